The van der Waals surface area contributed by atoms with Crippen molar-refractivity contribution < 1.29 is 4.42 Å². The molecule has 0 atom stereocenters. The molecule has 0 saturated heterocycles. The van der Waals surface area contributed by atoms with E-state index in [0.717, 1.165) is 43.7 Å². The Morgan fingerprint density at radius 1 is 0.500 bits per heavy atom. The van der Waals surface area contributed by atoms with Crippen LogP contribution in [0.15, 0.2) is 168 Å². The second-order valence-corrected chi connectivity index (χ2v) is 12.9. The molecule has 0 unspecified atom stereocenters. The van der Waals surface area contributed by atoms with E-state index in [9.17, 15) is 0 Å². The molecule has 0 radical (unpaired) electrons. The van der Waals surface area contributed by atoms with Crippen LogP contribution < -0.4 is 0 Å². The molecule has 0 saturated carbocycles. The topological polar surface area (TPSA) is 13.1 Å². The third-order valence-electron chi connectivity index (χ3n) is 10.6. The predicted octanol–water partition coefficient (Wildman–Crippen LogP) is 11.3. The van der Waals surface area contributed by atoms with E-state index in [4.69, 9.17) is 16.0 Å². The summed E-state index contributed by atoms with van der Waals surface area (Å²) in [7, 11) is 0. The number of furan rings is 1. The molecule has 0 fully saturated rings. The predicted molar refractivity (Wildman–Crippen MR) is 189 cm³/mol. The summed E-state index contributed by atoms with van der Waals surface area (Å²) in [5, 5.41) is 2.99. The highest BCUT2D eigenvalue weighted by atomic mass is 35.5. The van der Waals surface area contributed by atoms with Crippen molar-refractivity contribution in [3.05, 3.63) is 208 Å². The van der Waals surface area contributed by atoms with E-state index in [0.29, 0.717) is 0 Å². The first kappa shape index (κ1) is 25.9. The highest BCUT2D eigenvalue weighted by molar-refractivity contribution is 6.37. The van der Waals surface area contributed by atoms with Gasteiger partial charge in [-0.15, -0.1) is 0 Å². The van der Waals surface area contributed by atoms with Gasteiger partial charge in [0.25, 0.3) is 0 Å². The smallest absolute Gasteiger partial charge is 0.135 e. The second-order valence-electron chi connectivity index (χ2n) is 12.5. The summed E-state index contributed by atoms with van der Waals surface area (Å²) in [6.07, 6.45) is 5.92. The van der Waals surface area contributed by atoms with Crippen molar-refractivity contribution >= 4 is 39.1 Å². The summed E-state index contributed by atoms with van der Waals surface area (Å²) in [5.74, 6) is 0. The fourth-order valence-corrected chi connectivity index (χ4v) is 9.45. The van der Waals surface area contributed by atoms with Gasteiger partial charge in [-0.2, -0.15) is 0 Å². The molecule has 0 amide bonds. The molecule has 0 aliphatic heterocycles. The average Bonchev–Trinajstić information content (AvgIpc) is 3.70. The van der Waals surface area contributed by atoms with Crippen LogP contribution in [0.3, 0.4) is 0 Å². The summed E-state index contributed by atoms with van der Waals surface area (Å²) in [5.41, 5.74) is 13.9. The van der Waals surface area contributed by atoms with Crippen molar-refractivity contribution in [2.24, 2.45) is 0 Å². The largest absolute Gasteiger partial charge is 0.456 e. The fraction of sp³-hybridized carbons (Fsp3) is 0.0455. The number of hydrogen-bond donors (Lipinski definition) is 0. The van der Waals surface area contributed by atoms with Crippen LogP contribution in [-0.2, 0) is 10.8 Å². The highest BCUT2D eigenvalue weighted by Crippen LogP contribution is 2.67. The Hall–Kier alpha value is -5.37. The van der Waals surface area contributed by atoms with E-state index < -0.39 is 10.8 Å². The van der Waals surface area contributed by atoms with E-state index in [1.807, 2.05) is 24.3 Å². The van der Waals surface area contributed by atoms with Crippen LogP contribution in [0.2, 0.25) is 0 Å². The van der Waals surface area contributed by atoms with Gasteiger partial charge in [0.1, 0.15) is 11.2 Å². The monoisotopic (exact) mass is 606 g/mol. The Labute approximate surface area is 272 Å². The molecule has 2 heteroatoms. The van der Waals surface area contributed by atoms with Crippen LogP contribution in [0.4, 0.5) is 0 Å². The molecule has 216 valence electrons. The number of para-hydroxylation sites is 1. The lowest BCUT2D eigenvalue weighted by atomic mass is 9.53. The summed E-state index contributed by atoms with van der Waals surface area (Å²) in [6, 6.07) is 48.6. The minimum Gasteiger partial charge on any atom is -0.456 e. The zero-order chi connectivity index (χ0) is 30.6. The molecule has 1 heterocycles. The van der Waals surface area contributed by atoms with Crippen LogP contribution in [-0.4, -0.2) is 0 Å². The van der Waals surface area contributed by atoms with Gasteiger partial charge in [0.15, 0.2) is 0 Å². The number of benzene rings is 6. The van der Waals surface area contributed by atoms with Crippen molar-refractivity contribution in [3.63, 3.8) is 0 Å². The van der Waals surface area contributed by atoms with Crippen LogP contribution in [0.25, 0.3) is 38.6 Å². The molecule has 1 aromatic heterocycles. The molecular formula is C44H27ClO. The average molecular weight is 607 g/mol. The number of halogens is 1. The number of fused-ring (bicyclic) bond motifs is 16. The second kappa shape index (κ2) is 9.10. The lowest BCUT2D eigenvalue weighted by Crippen LogP contribution is -2.43. The molecule has 1 nitrogen and oxygen atoms in total. The van der Waals surface area contributed by atoms with Gasteiger partial charge in [-0.05, 0) is 79.4 Å². The van der Waals surface area contributed by atoms with Crippen molar-refractivity contribution in [2.45, 2.75) is 10.8 Å². The first-order valence-electron chi connectivity index (χ1n) is 15.8. The number of allylic oxidation sites excluding steroid dienone is 5. The van der Waals surface area contributed by atoms with Gasteiger partial charge in [0.05, 0.1) is 10.8 Å². The molecule has 10 rings (SSSR count). The zero-order valence-electron chi connectivity index (χ0n) is 24.9. The first-order chi connectivity index (χ1) is 22.7. The van der Waals surface area contributed by atoms with Gasteiger partial charge in [-0.3, -0.25) is 0 Å². The van der Waals surface area contributed by atoms with Gasteiger partial charge >= 0.3 is 0 Å². The van der Waals surface area contributed by atoms with Gasteiger partial charge in [0.2, 0.25) is 0 Å². The summed E-state index contributed by atoms with van der Waals surface area (Å²) in [4.78, 5) is 0. The molecule has 0 bridgehead atoms. The SMILES string of the molecule is C=C/C=C\C1=C(Cl)C2(c3cc4oc5ccccc5c4cc31)c1ccccc1C1(c3ccccc3-c3ccccc31)c1ccccc12. The molecule has 0 N–H and O–H groups in total. The maximum absolute atomic E-state index is 7.89. The van der Waals surface area contributed by atoms with E-state index >= 15 is 0 Å². The molecule has 3 aliphatic rings. The van der Waals surface area contributed by atoms with Gasteiger partial charge in [-0.25, -0.2) is 0 Å². The standard InChI is InChI=1S/C44H27ClO/c1-2-3-14-30-31-25-32-29-17-6-13-24-40(29)46-41(32)26-39(31)44(42(30)45)37-22-11-9-20-35(37)43(36-21-10-12-23-38(36)44)33-18-7-4-15-27(33)28-16-5-8-19-34(28)43/h2-26H,1H2/b14-3-. The van der Waals surface area contributed by atoms with E-state index in [2.05, 4.69) is 134 Å². The maximum atomic E-state index is 7.89. The normalized spacial score (nSPS) is 16.2. The minimum atomic E-state index is -0.740. The van der Waals surface area contributed by atoms with E-state index in [-0.39, 0.29) is 0 Å². The lowest BCUT2D eigenvalue weighted by molar-refractivity contribution is 0.633. The third kappa shape index (κ3) is 2.89. The summed E-state index contributed by atoms with van der Waals surface area (Å²) < 4.78 is 6.53. The fourth-order valence-electron chi connectivity index (χ4n) is 8.98. The molecule has 7 aromatic rings. The minimum absolute atomic E-state index is 0.494. The van der Waals surface area contributed by atoms with Crippen LogP contribution in [0.1, 0.15) is 44.5 Å². The third-order valence-corrected chi connectivity index (χ3v) is 11.1. The lowest BCUT2D eigenvalue weighted by Gasteiger charge is -2.48. The zero-order valence-corrected chi connectivity index (χ0v) is 25.7. The molecule has 2 spiro atoms. The van der Waals surface area contributed by atoms with Crippen LogP contribution >= 0.6 is 11.6 Å². The van der Waals surface area contributed by atoms with Crippen molar-refractivity contribution in [1.29, 1.82) is 0 Å². The Balaban J connectivity index is 1.40. The Kier molecular flexibility index (Phi) is 5.12. The van der Waals surface area contributed by atoms with Crippen molar-refractivity contribution in [3.8, 4) is 11.1 Å². The quantitative estimate of drug-likeness (QED) is 0.178. The van der Waals surface area contributed by atoms with Crippen molar-refractivity contribution in [2.75, 3.05) is 0 Å². The maximum Gasteiger partial charge on any atom is 0.135 e. The van der Waals surface area contributed by atoms with Crippen molar-refractivity contribution in [1.82, 2.24) is 0 Å². The highest BCUT2D eigenvalue weighted by Gasteiger charge is 2.59. The first-order valence-corrected chi connectivity index (χ1v) is 16.1. The number of rotatable bonds is 2. The molecule has 3 aliphatic carbocycles. The summed E-state index contributed by atoms with van der Waals surface area (Å²) >= 11 is 7.89. The Morgan fingerprint density at radius 3 is 1.63 bits per heavy atom. The van der Waals surface area contributed by atoms with E-state index in [1.165, 1.54) is 44.5 Å². The van der Waals surface area contributed by atoms with Crippen LogP contribution in [0.5, 0.6) is 0 Å². The van der Waals surface area contributed by atoms with Gasteiger partial charge in [-0.1, -0.05) is 152 Å². The van der Waals surface area contributed by atoms with Crippen LogP contribution in [0, 0.1) is 0 Å². The summed E-state index contributed by atoms with van der Waals surface area (Å²) in [6.45, 7) is 3.98. The Bertz CT molecular complexity index is 2430. The molecule has 46 heavy (non-hydrogen) atoms. The van der Waals surface area contributed by atoms with Gasteiger partial charge < -0.3 is 4.42 Å². The Morgan fingerprint density at radius 2 is 1.02 bits per heavy atom. The molecular weight excluding hydrogens is 580 g/mol. The van der Waals surface area contributed by atoms with Gasteiger partial charge in [0, 0.05) is 15.8 Å². The molecule has 6 aromatic carbocycles. The number of hydrogen-bond acceptors (Lipinski definition) is 1. The van der Waals surface area contributed by atoms with E-state index in [1.54, 1.807) is 0 Å².